The third kappa shape index (κ3) is 7.29. The number of alkyl halides is 6. The highest BCUT2D eigenvalue weighted by Gasteiger charge is 2.34. The molecule has 6 nitrogen and oxygen atoms in total. The predicted molar refractivity (Wildman–Crippen MR) is 151 cm³/mol. The van der Waals surface area contributed by atoms with Crippen molar-refractivity contribution in [2.45, 2.75) is 23.7 Å². The van der Waals surface area contributed by atoms with Crippen LogP contribution in [0.2, 0.25) is 0 Å². The van der Waals surface area contributed by atoms with E-state index in [0.717, 1.165) is 29.8 Å². The van der Waals surface area contributed by atoms with Gasteiger partial charge in [-0.25, -0.2) is 23.1 Å². The van der Waals surface area contributed by atoms with Gasteiger partial charge in [0.05, 0.1) is 21.8 Å². The molecule has 0 fully saturated rings. The number of rotatable bonds is 8. The maximum Gasteiger partial charge on any atom is 0.433 e. The molecule has 13 heteroatoms. The first-order valence-electron chi connectivity index (χ1n) is 13.0. The zero-order valence-corrected chi connectivity index (χ0v) is 23.4. The molecule has 226 valence electrons. The number of hydrogen-bond acceptors (Lipinski definition) is 5. The van der Waals surface area contributed by atoms with Crippen molar-refractivity contribution in [1.29, 1.82) is 0 Å². The van der Waals surface area contributed by atoms with Gasteiger partial charge in [-0.05, 0) is 54.4 Å². The van der Waals surface area contributed by atoms with Crippen molar-refractivity contribution in [2.75, 3.05) is 6.54 Å². The lowest BCUT2D eigenvalue weighted by Gasteiger charge is -2.12. The summed E-state index contributed by atoms with van der Waals surface area (Å²) in [6, 6.07) is 22.3. The number of aromatic nitrogens is 3. The monoisotopic (exact) mass is 628 g/mol. The molecule has 0 radical (unpaired) electrons. The fourth-order valence-corrected chi connectivity index (χ4v) is 5.38. The second-order valence-electron chi connectivity index (χ2n) is 9.63. The minimum atomic E-state index is -4.87. The van der Waals surface area contributed by atoms with Gasteiger partial charge in [-0.1, -0.05) is 54.6 Å². The fraction of sp³-hybridized carbons (Fsp3) is 0.129. The van der Waals surface area contributed by atoms with Gasteiger partial charge in [-0.3, -0.25) is 4.98 Å². The van der Waals surface area contributed by atoms with E-state index in [1.165, 1.54) is 36.5 Å². The molecule has 0 aliphatic rings. The van der Waals surface area contributed by atoms with Gasteiger partial charge in [0.2, 0.25) is 10.0 Å². The minimum Gasteiger partial charge on any atom is -0.256 e. The van der Waals surface area contributed by atoms with Crippen LogP contribution in [0.5, 0.6) is 0 Å². The SMILES string of the molecule is O=S(=O)(NCCc1ccccc1)c1cccc(-c2cc(-c3nc(-c4ccc(C(F)(F)F)cc4)cc(C(F)(F)F)n3)ccn2)c1. The molecule has 0 aliphatic carbocycles. The van der Waals surface area contributed by atoms with E-state index in [4.69, 9.17) is 0 Å². The van der Waals surface area contributed by atoms with Crippen LogP contribution in [0.4, 0.5) is 26.3 Å². The summed E-state index contributed by atoms with van der Waals surface area (Å²) in [6.45, 7) is 0.165. The van der Waals surface area contributed by atoms with Gasteiger partial charge in [0.15, 0.2) is 5.82 Å². The van der Waals surface area contributed by atoms with Gasteiger partial charge in [0.25, 0.3) is 0 Å². The smallest absolute Gasteiger partial charge is 0.256 e. The van der Waals surface area contributed by atoms with Crippen LogP contribution in [-0.4, -0.2) is 29.9 Å². The van der Waals surface area contributed by atoms with Gasteiger partial charge in [0, 0.05) is 29.4 Å². The van der Waals surface area contributed by atoms with E-state index in [9.17, 15) is 34.8 Å². The first kappa shape index (κ1) is 30.8. The Labute approximate surface area is 248 Å². The van der Waals surface area contributed by atoms with Crippen molar-refractivity contribution in [3.63, 3.8) is 0 Å². The van der Waals surface area contributed by atoms with Crippen LogP contribution in [0.25, 0.3) is 33.9 Å². The topological polar surface area (TPSA) is 84.8 Å². The average molecular weight is 629 g/mol. The standard InChI is InChI=1S/C31H22F6N4O2S/c32-30(33,34)24-11-9-21(10-12-24)27-19-28(31(35,36)37)41-29(40-27)23-14-15-38-26(18-23)22-7-4-8-25(17-22)44(42,43)39-16-13-20-5-2-1-3-6-20/h1-12,14-15,17-19,39H,13,16H2. The Morgan fingerprint density at radius 3 is 2.07 bits per heavy atom. The van der Waals surface area contributed by atoms with E-state index in [2.05, 4.69) is 19.7 Å². The maximum atomic E-state index is 13.8. The van der Waals surface area contributed by atoms with Crippen LogP contribution >= 0.6 is 0 Å². The summed E-state index contributed by atoms with van der Waals surface area (Å²) in [6.07, 6.45) is -7.70. The highest BCUT2D eigenvalue weighted by molar-refractivity contribution is 7.89. The molecular weight excluding hydrogens is 606 g/mol. The third-order valence-corrected chi connectivity index (χ3v) is 7.99. The third-order valence-electron chi connectivity index (χ3n) is 6.53. The molecule has 2 heterocycles. The van der Waals surface area contributed by atoms with Crippen LogP contribution in [0.1, 0.15) is 16.8 Å². The van der Waals surface area contributed by atoms with Crippen LogP contribution < -0.4 is 4.72 Å². The van der Waals surface area contributed by atoms with Gasteiger partial charge < -0.3 is 0 Å². The number of sulfonamides is 1. The van der Waals surface area contributed by atoms with Crippen LogP contribution in [-0.2, 0) is 28.8 Å². The van der Waals surface area contributed by atoms with E-state index in [0.29, 0.717) is 18.1 Å². The molecule has 0 amide bonds. The summed E-state index contributed by atoms with van der Waals surface area (Å²) < 4.78 is 109. The molecule has 0 spiro atoms. The van der Waals surface area contributed by atoms with Gasteiger partial charge in [-0.15, -0.1) is 0 Å². The zero-order chi connectivity index (χ0) is 31.5. The molecule has 5 aromatic rings. The second-order valence-corrected chi connectivity index (χ2v) is 11.4. The molecule has 0 saturated carbocycles. The van der Waals surface area contributed by atoms with Crippen molar-refractivity contribution in [3.8, 4) is 33.9 Å². The lowest BCUT2D eigenvalue weighted by atomic mass is 10.1. The Balaban J connectivity index is 1.45. The van der Waals surface area contributed by atoms with Crippen LogP contribution in [0, 0.1) is 0 Å². The molecule has 5 rings (SSSR count). The Kier molecular flexibility index (Phi) is 8.53. The van der Waals surface area contributed by atoms with Crippen molar-refractivity contribution < 1.29 is 34.8 Å². The number of pyridine rings is 1. The molecule has 0 bridgehead atoms. The summed E-state index contributed by atoms with van der Waals surface area (Å²) >= 11 is 0. The second kappa shape index (κ2) is 12.2. The van der Waals surface area contributed by atoms with E-state index in [1.807, 2.05) is 30.3 Å². The van der Waals surface area contributed by atoms with Crippen molar-refractivity contribution in [2.24, 2.45) is 0 Å². The number of nitrogens with one attached hydrogen (secondary N) is 1. The number of halogens is 6. The Bertz CT molecular complexity index is 1880. The predicted octanol–water partition coefficient (Wildman–Crippen LogP) is 7.43. The molecule has 44 heavy (non-hydrogen) atoms. The number of nitrogens with zero attached hydrogens (tertiary/aromatic N) is 3. The lowest BCUT2D eigenvalue weighted by Crippen LogP contribution is -2.26. The minimum absolute atomic E-state index is 0.0269. The largest absolute Gasteiger partial charge is 0.433 e. The van der Waals surface area contributed by atoms with Crippen LogP contribution in [0.3, 0.4) is 0 Å². The Morgan fingerprint density at radius 2 is 1.39 bits per heavy atom. The normalized spacial score (nSPS) is 12.3. The Morgan fingerprint density at radius 1 is 0.659 bits per heavy atom. The van der Waals surface area contributed by atoms with E-state index in [1.54, 1.807) is 6.07 Å². The number of benzene rings is 3. The average Bonchev–Trinajstić information content (AvgIpc) is 3.01. The molecule has 2 aromatic heterocycles. The summed E-state index contributed by atoms with van der Waals surface area (Å²) in [7, 11) is -3.89. The first-order valence-corrected chi connectivity index (χ1v) is 14.5. The Hall–Kier alpha value is -4.62. The molecule has 0 atom stereocenters. The molecule has 0 aliphatic heterocycles. The summed E-state index contributed by atoms with van der Waals surface area (Å²) in [5, 5.41) is 0. The fourth-order valence-electron chi connectivity index (χ4n) is 4.31. The summed E-state index contributed by atoms with van der Waals surface area (Å²) in [4.78, 5) is 12.1. The maximum absolute atomic E-state index is 13.8. The lowest BCUT2D eigenvalue weighted by molar-refractivity contribution is -0.141. The van der Waals surface area contributed by atoms with E-state index >= 15 is 0 Å². The zero-order valence-electron chi connectivity index (χ0n) is 22.6. The summed E-state index contributed by atoms with van der Waals surface area (Å²) in [5.74, 6) is -0.343. The molecule has 1 N–H and O–H groups in total. The van der Waals surface area contributed by atoms with Gasteiger partial charge >= 0.3 is 12.4 Å². The van der Waals surface area contributed by atoms with Crippen molar-refractivity contribution in [3.05, 3.63) is 120 Å². The number of hydrogen-bond donors (Lipinski definition) is 1. The van der Waals surface area contributed by atoms with Crippen molar-refractivity contribution in [1.82, 2.24) is 19.7 Å². The van der Waals surface area contributed by atoms with Gasteiger partial charge in [0.1, 0.15) is 5.69 Å². The quantitative estimate of drug-likeness (QED) is 0.181. The molecule has 3 aromatic carbocycles. The van der Waals surface area contributed by atoms with Gasteiger partial charge in [-0.2, -0.15) is 26.3 Å². The molecule has 0 unspecified atom stereocenters. The van der Waals surface area contributed by atoms with E-state index < -0.39 is 33.6 Å². The van der Waals surface area contributed by atoms with Crippen molar-refractivity contribution >= 4 is 10.0 Å². The summed E-state index contributed by atoms with van der Waals surface area (Å²) in [5.41, 5.74) is -0.755. The molecular formula is C31H22F6N4O2S. The highest BCUT2D eigenvalue weighted by atomic mass is 32.2. The van der Waals surface area contributed by atoms with E-state index in [-0.39, 0.29) is 39.8 Å². The van der Waals surface area contributed by atoms with Crippen LogP contribution in [0.15, 0.2) is 108 Å². The first-order chi connectivity index (χ1) is 20.8. The molecule has 0 saturated heterocycles. The highest BCUT2D eigenvalue weighted by Crippen LogP contribution is 2.35.